The number of hydrogen-bond donors (Lipinski definition) is 2. The molecule has 0 atom stereocenters. The maximum absolute atomic E-state index is 11.5. The smallest absolute Gasteiger partial charge is 0.211 e. The molecule has 0 bridgehead atoms. The van der Waals surface area contributed by atoms with E-state index in [9.17, 15) is 8.42 Å². The molecule has 6 nitrogen and oxygen atoms in total. The standard InChI is InChI=1S/C18H25ClN4O2S/c1-2-26(24,25)20-13-14-6-8-16(9-7-14)21-18-10-11-23(22-18)17-5-3-4-15(19)12-17/h3-5,10-12,14,16,20H,2,6-9,13H2,1H3,(H,21,22). The van der Waals surface area contributed by atoms with E-state index in [0.29, 0.717) is 23.5 Å². The second-order valence-corrected chi connectivity index (χ2v) is 9.27. The number of aromatic nitrogens is 2. The zero-order valence-electron chi connectivity index (χ0n) is 14.9. The van der Waals surface area contributed by atoms with Crippen LogP contribution in [-0.2, 0) is 10.0 Å². The molecule has 1 aliphatic rings. The Balaban J connectivity index is 1.49. The SMILES string of the molecule is CCS(=O)(=O)NCC1CCC(Nc2ccn(-c3cccc(Cl)c3)n2)CC1. The Kier molecular flexibility index (Phi) is 6.21. The van der Waals surface area contributed by atoms with Crippen LogP contribution in [0, 0.1) is 5.92 Å². The molecule has 0 saturated heterocycles. The van der Waals surface area contributed by atoms with Crippen molar-refractivity contribution in [2.24, 2.45) is 5.92 Å². The van der Waals surface area contributed by atoms with Gasteiger partial charge in [0.1, 0.15) is 5.82 Å². The Morgan fingerprint density at radius 2 is 2.00 bits per heavy atom. The van der Waals surface area contributed by atoms with Gasteiger partial charge in [-0.3, -0.25) is 0 Å². The van der Waals surface area contributed by atoms with Crippen LogP contribution in [0.5, 0.6) is 0 Å². The monoisotopic (exact) mass is 396 g/mol. The van der Waals surface area contributed by atoms with Gasteiger partial charge >= 0.3 is 0 Å². The van der Waals surface area contributed by atoms with Gasteiger partial charge in [0.05, 0.1) is 11.4 Å². The molecular weight excluding hydrogens is 372 g/mol. The average Bonchev–Trinajstić information content (AvgIpc) is 3.10. The first-order valence-corrected chi connectivity index (χ1v) is 11.0. The molecule has 0 unspecified atom stereocenters. The highest BCUT2D eigenvalue weighted by Crippen LogP contribution is 2.26. The zero-order chi connectivity index (χ0) is 18.6. The molecule has 2 aromatic rings. The molecule has 142 valence electrons. The maximum atomic E-state index is 11.5. The second-order valence-electron chi connectivity index (χ2n) is 6.74. The molecule has 0 spiro atoms. The fraction of sp³-hybridized carbons (Fsp3) is 0.500. The number of halogens is 1. The summed E-state index contributed by atoms with van der Waals surface area (Å²) in [6, 6.07) is 9.92. The summed E-state index contributed by atoms with van der Waals surface area (Å²) in [7, 11) is -3.10. The molecule has 0 radical (unpaired) electrons. The van der Waals surface area contributed by atoms with Gasteiger partial charge in [-0.05, 0) is 56.7 Å². The predicted molar refractivity (Wildman–Crippen MR) is 105 cm³/mol. The minimum Gasteiger partial charge on any atom is -0.366 e. The summed E-state index contributed by atoms with van der Waals surface area (Å²) in [5, 5.41) is 8.74. The summed E-state index contributed by atoms with van der Waals surface area (Å²) in [5.41, 5.74) is 0.928. The van der Waals surface area contributed by atoms with Crippen molar-refractivity contribution in [3.8, 4) is 5.69 Å². The highest BCUT2D eigenvalue weighted by molar-refractivity contribution is 7.89. The Bertz CT molecular complexity index is 829. The number of benzene rings is 1. The van der Waals surface area contributed by atoms with Crippen LogP contribution in [0.15, 0.2) is 36.5 Å². The van der Waals surface area contributed by atoms with Gasteiger partial charge in [0.2, 0.25) is 10.0 Å². The van der Waals surface area contributed by atoms with Crippen molar-refractivity contribution in [1.82, 2.24) is 14.5 Å². The number of sulfonamides is 1. The molecule has 3 rings (SSSR count). The first kappa shape index (κ1) is 19.2. The van der Waals surface area contributed by atoms with Crippen molar-refractivity contribution >= 4 is 27.4 Å². The first-order valence-electron chi connectivity index (χ1n) is 9.00. The average molecular weight is 397 g/mol. The van der Waals surface area contributed by atoms with Crippen molar-refractivity contribution in [3.63, 3.8) is 0 Å². The topological polar surface area (TPSA) is 76.0 Å². The van der Waals surface area contributed by atoms with Gasteiger partial charge in [-0.25, -0.2) is 17.8 Å². The third-order valence-electron chi connectivity index (χ3n) is 4.83. The van der Waals surface area contributed by atoms with Gasteiger partial charge in [-0.1, -0.05) is 17.7 Å². The van der Waals surface area contributed by atoms with Crippen LogP contribution in [0.4, 0.5) is 5.82 Å². The van der Waals surface area contributed by atoms with Gasteiger partial charge in [0.25, 0.3) is 0 Å². The summed E-state index contributed by atoms with van der Waals surface area (Å²) in [6.45, 7) is 2.21. The quantitative estimate of drug-likeness (QED) is 0.751. The number of hydrogen-bond acceptors (Lipinski definition) is 4. The normalized spacial score (nSPS) is 20.8. The molecule has 1 saturated carbocycles. The van der Waals surface area contributed by atoms with Crippen molar-refractivity contribution in [3.05, 3.63) is 41.6 Å². The molecule has 1 aromatic heterocycles. The molecule has 0 amide bonds. The van der Waals surface area contributed by atoms with Crippen molar-refractivity contribution in [2.75, 3.05) is 17.6 Å². The van der Waals surface area contributed by atoms with Crippen LogP contribution >= 0.6 is 11.6 Å². The highest BCUT2D eigenvalue weighted by atomic mass is 35.5. The van der Waals surface area contributed by atoms with Crippen molar-refractivity contribution in [2.45, 2.75) is 38.6 Å². The maximum Gasteiger partial charge on any atom is 0.211 e. The van der Waals surface area contributed by atoms with Gasteiger partial charge in [-0.15, -0.1) is 0 Å². The number of nitrogens with zero attached hydrogens (tertiary/aromatic N) is 2. The molecule has 8 heteroatoms. The van der Waals surface area contributed by atoms with E-state index in [4.69, 9.17) is 11.6 Å². The Labute approximate surface area is 160 Å². The Morgan fingerprint density at radius 3 is 2.69 bits per heavy atom. The molecule has 26 heavy (non-hydrogen) atoms. The van der Waals surface area contributed by atoms with E-state index in [1.807, 2.05) is 36.5 Å². The molecule has 1 heterocycles. The lowest BCUT2D eigenvalue weighted by Gasteiger charge is -2.29. The van der Waals surface area contributed by atoms with E-state index in [1.54, 1.807) is 11.6 Å². The second kappa shape index (κ2) is 8.41. The van der Waals surface area contributed by atoms with E-state index in [0.717, 1.165) is 37.2 Å². The summed E-state index contributed by atoms with van der Waals surface area (Å²) < 4.78 is 27.6. The van der Waals surface area contributed by atoms with Crippen LogP contribution in [0.1, 0.15) is 32.6 Å². The lowest BCUT2D eigenvalue weighted by atomic mass is 9.86. The summed E-state index contributed by atoms with van der Waals surface area (Å²) in [6.07, 6.45) is 5.97. The lowest BCUT2D eigenvalue weighted by Crippen LogP contribution is -2.34. The van der Waals surface area contributed by atoms with Gasteiger partial charge in [0.15, 0.2) is 0 Å². The molecular formula is C18H25ClN4O2S. The molecule has 0 aliphatic heterocycles. The van der Waals surface area contributed by atoms with Gasteiger partial charge < -0.3 is 5.32 Å². The fourth-order valence-corrected chi connectivity index (χ4v) is 4.11. The van der Waals surface area contributed by atoms with Crippen LogP contribution < -0.4 is 10.0 Å². The van der Waals surface area contributed by atoms with E-state index in [-0.39, 0.29) is 5.75 Å². The summed E-state index contributed by atoms with van der Waals surface area (Å²) in [5.74, 6) is 1.40. The lowest BCUT2D eigenvalue weighted by molar-refractivity contribution is 0.337. The predicted octanol–water partition coefficient (Wildman–Crippen LogP) is 3.44. The van der Waals surface area contributed by atoms with Crippen LogP contribution in [0.2, 0.25) is 5.02 Å². The largest absolute Gasteiger partial charge is 0.366 e. The number of rotatable bonds is 7. The van der Waals surface area contributed by atoms with Crippen LogP contribution in [-0.4, -0.2) is 36.5 Å². The van der Waals surface area contributed by atoms with Gasteiger partial charge in [0, 0.05) is 29.9 Å². The van der Waals surface area contributed by atoms with E-state index in [2.05, 4.69) is 15.1 Å². The van der Waals surface area contributed by atoms with E-state index < -0.39 is 10.0 Å². The third kappa shape index (κ3) is 5.22. The number of anilines is 1. The molecule has 1 aromatic carbocycles. The molecule has 1 fully saturated rings. The summed E-state index contributed by atoms with van der Waals surface area (Å²) >= 11 is 6.03. The van der Waals surface area contributed by atoms with E-state index in [1.165, 1.54) is 0 Å². The van der Waals surface area contributed by atoms with Crippen molar-refractivity contribution in [1.29, 1.82) is 0 Å². The van der Waals surface area contributed by atoms with Crippen LogP contribution in [0.25, 0.3) is 5.69 Å². The number of nitrogens with one attached hydrogen (secondary N) is 2. The third-order valence-corrected chi connectivity index (χ3v) is 6.43. The summed E-state index contributed by atoms with van der Waals surface area (Å²) in [4.78, 5) is 0. The highest BCUT2D eigenvalue weighted by Gasteiger charge is 2.22. The Morgan fingerprint density at radius 1 is 1.23 bits per heavy atom. The van der Waals surface area contributed by atoms with E-state index >= 15 is 0 Å². The van der Waals surface area contributed by atoms with Gasteiger partial charge in [-0.2, -0.15) is 5.10 Å². The Hall–Kier alpha value is -1.57. The van der Waals surface area contributed by atoms with Crippen molar-refractivity contribution < 1.29 is 8.42 Å². The molecule has 2 N–H and O–H groups in total. The first-order chi connectivity index (χ1) is 12.4. The zero-order valence-corrected chi connectivity index (χ0v) is 16.4. The van der Waals surface area contributed by atoms with Crippen LogP contribution in [0.3, 0.4) is 0 Å². The fourth-order valence-electron chi connectivity index (χ4n) is 3.23. The minimum absolute atomic E-state index is 0.138. The molecule has 1 aliphatic carbocycles. The minimum atomic E-state index is -3.10.